The standard InChI is InChI=1S/C17H23F3N2O4/c1-5-6-9-25-14(23)22-13-8-7-11(10-12(13)17(18,19)20)21-15(24)26-16(2,3)4/h7-8,10H,5-6,9H2,1-4H3,(H,21,24)(H,22,23). The number of amides is 2. The maximum Gasteiger partial charge on any atom is 0.418 e. The number of carbonyl (C=O) groups excluding carboxylic acids is 2. The topological polar surface area (TPSA) is 76.7 Å². The molecule has 0 saturated carbocycles. The zero-order chi connectivity index (χ0) is 20.0. The summed E-state index contributed by atoms with van der Waals surface area (Å²) in [6, 6.07) is 2.98. The van der Waals surface area contributed by atoms with Gasteiger partial charge < -0.3 is 9.47 Å². The molecular formula is C17H23F3N2O4. The lowest BCUT2D eigenvalue weighted by Gasteiger charge is -2.20. The fourth-order valence-corrected chi connectivity index (χ4v) is 1.84. The van der Waals surface area contributed by atoms with Crippen LogP contribution in [0.2, 0.25) is 0 Å². The van der Waals surface area contributed by atoms with Gasteiger partial charge in [-0.15, -0.1) is 0 Å². The van der Waals surface area contributed by atoms with E-state index < -0.39 is 35.2 Å². The van der Waals surface area contributed by atoms with Gasteiger partial charge in [0.05, 0.1) is 17.9 Å². The van der Waals surface area contributed by atoms with Gasteiger partial charge in [0.1, 0.15) is 5.60 Å². The smallest absolute Gasteiger partial charge is 0.418 e. The highest BCUT2D eigenvalue weighted by molar-refractivity contribution is 5.88. The number of hydrogen-bond acceptors (Lipinski definition) is 4. The zero-order valence-electron chi connectivity index (χ0n) is 15.1. The molecule has 0 spiro atoms. The number of alkyl halides is 3. The molecule has 6 nitrogen and oxygen atoms in total. The van der Waals surface area contributed by atoms with Gasteiger partial charge in [-0.1, -0.05) is 13.3 Å². The van der Waals surface area contributed by atoms with E-state index in [-0.39, 0.29) is 12.3 Å². The second kappa shape index (κ2) is 8.77. The second-order valence-corrected chi connectivity index (χ2v) is 6.50. The van der Waals surface area contributed by atoms with Gasteiger partial charge in [0.15, 0.2) is 0 Å². The fraction of sp³-hybridized carbons (Fsp3) is 0.529. The van der Waals surface area contributed by atoms with Crippen LogP contribution >= 0.6 is 0 Å². The quantitative estimate of drug-likeness (QED) is 0.675. The van der Waals surface area contributed by atoms with E-state index in [0.29, 0.717) is 12.5 Å². The van der Waals surface area contributed by atoms with Gasteiger partial charge in [-0.2, -0.15) is 13.2 Å². The van der Waals surface area contributed by atoms with Crippen LogP contribution in [0.5, 0.6) is 0 Å². The van der Waals surface area contributed by atoms with Crippen LogP contribution in [0.4, 0.5) is 34.1 Å². The molecule has 1 aromatic rings. The molecule has 9 heteroatoms. The summed E-state index contributed by atoms with van der Waals surface area (Å²) >= 11 is 0. The van der Waals surface area contributed by atoms with Gasteiger partial charge >= 0.3 is 18.4 Å². The first-order chi connectivity index (χ1) is 11.9. The Morgan fingerprint density at radius 3 is 2.27 bits per heavy atom. The predicted molar refractivity (Wildman–Crippen MR) is 91.2 cm³/mol. The Bertz CT molecular complexity index is 640. The number of anilines is 2. The van der Waals surface area contributed by atoms with E-state index in [0.717, 1.165) is 12.5 Å². The van der Waals surface area contributed by atoms with Gasteiger partial charge in [-0.3, -0.25) is 10.6 Å². The largest absolute Gasteiger partial charge is 0.449 e. The molecule has 2 N–H and O–H groups in total. The summed E-state index contributed by atoms with van der Waals surface area (Å²) in [5.74, 6) is 0. The molecule has 0 atom stereocenters. The summed E-state index contributed by atoms with van der Waals surface area (Å²) in [4.78, 5) is 23.3. The molecule has 0 aliphatic rings. The SMILES string of the molecule is CCCCOC(=O)Nc1ccc(NC(=O)OC(C)(C)C)cc1C(F)(F)F. The van der Waals surface area contributed by atoms with Crippen molar-refractivity contribution in [3.05, 3.63) is 23.8 Å². The number of rotatable bonds is 5. The zero-order valence-corrected chi connectivity index (χ0v) is 15.1. The number of carbonyl (C=O) groups is 2. The Kier molecular flexibility index (Phi) is 7.29. The monoisotopic (exact) mass is 376 g/mol. The van der Waals surface area contributed by atoms with Gasteiger partial charge in [0.2, 0.25) is 0 Å². The van der Waals surface area contributed by atoms with Crippen LogP contribution in [0.3, 0.4) is 0 Å². The average molecular weight is 376 g/mol. The van der Waals surface area contributed by atoms with Gasteiger partial charge in [-0.25, -0.2) is 9.59 Å². The highest BCUT2D eigenvalue weighted by Gasteiger charge is 2.34. The van der Waals surface area contributed by atoms with Crippen molar-refractivity contribution in [1.82, 2.24) is 0 Å². The maximum atomic E-state index is 13.3. The third kappa shape index (κ3) is 7.62. The number of hydrogen-bond donors (Lipinski definition) is 2. The van der Waals surface area contributed by atoms with Crippen molar-refractivity contribution >= 4 is 23.6 Å². The molecule has 0 heterocycles. The minimum atomic E-state index is -4.74. The Morgan fingerprint density at radius 1 is 1.08 bits per heavy atom. The van der Waals surface area contributed by atoms with E-state index in [1.54, 1.807) is 20.8 Å². The molecule has 0 radical (unpaired) electrons. The fourth-order valence-electron chi connectivity index (χ4n) is 1.84. The van der Waals surface area contributed by atoms with Crippen molar-refractivity contribution in [2.75, 3.05) is 17.2 Å². The minimum absolute atomic E-state index is 0.113. The summed E-state index contributed by atoms with van der Waals surface area (Å²) in [6.45, 7) is 6.89. The Balaban J connectivity index is 2.93. The summed E-state index contributed by atoms with van der Waals surface area (Å²) in [5.41, 5.74) is -2.48. The summed E-state index contributed by atoms with van der Waals surface area (Å²) in [5, 5.41) is 4.30. The lowest BCUT2D eigenvalue weighted by atomic mass is 10.1. The predicted octanol–water partition coefficient (Wildman–Crippen LogP) is 5.40. The van der Waals surface area contributed by atoms with Crippen LogP contribution in [0, 0.1) is 0 Å². The number of benzene rings is 1. The lowest BCUT2D eigenvalue weighted by Crippen LogP contribution is -2.27. The van der Waals surface area contributed by atoms with E-state index in [9.17, 15) is 22.8 Å². The van der Waals surface area contributed by atoms with Crippen molar-refractivity contribution in [2.45, 2.75) is 52.3 Å². The van der Waals surface area contributed by atoms with Gasteiger partial charge in [0.25, 0.3) is 0 Å². The molecule has 0 bridgehead atoms. The van der Waals surface area contributed by atoms with E-state index in [4.69, 9.17) is 9.47 Å². The first-order valence-electron chi connectivity index (χ1n) is 8.07. The van der Waals surface area contributed by atoms with Crippen molar-refractivity contribution in [3.63, 3.8) is 0 Å². The van der Waals surface area contributed by atoms with Crippen LogP contribution < -0.4 is 10.6 Å². The van der Waals surface area contributed by atoms with Crippen LogP contribution in [0.1, 0.15) is 46.1 Å². The highest BCUT2D eigenvalue weighted by atomic mass is 19.4. The molecule has 0 unspecified atom stereocenters. The molecule has 0 aromatic heterocycles. The molecule has 0 saturated heterocycles. The van der Waals surface area contributed by atoms with Gasteiger partial charge in [-0.05, 0) is 45.4 Å². The van der Waals surface area contributed by atoms with Crippen molar-refractivity contribution in [1.29, 1.82) is 0 Å². The first kappa shape index (κ1) is 21.6. The van der Waals surface area contributed by atoms with Crippen LogP contribution in [0.15, 0.2) is 18.2 Å². The Labute approximate surface area is 150 Å². The van der Waals surface area contributed by atoms with Crippen molar-refractivity contribution < 1.29 is 32.2 Å². The third-order valence-electron chi connectivity index (χ3n) is 2.94. The second-order valence-electron chi connectivity index (χ2n) is 6.50. The maximum absolute atomic E-state index is 13.3. The number of ether oxygens (including phenoxy) is 2. The first-order valence-corrected chi connectivity index (χ1v) is 8.07. The Morgan fingerprint density at radius 2 is 1.73 bits per heavy atom. The Hall–Kier alpha value is -2.45. The number of unbranched alkanes of at least 4 members (excludes halogenated alkanes) is 1. The summed E-state index contributed by atoms with van der Waals surface area (Å²) in [6.07, 6.45) is -5.20. The third-order valence-corrected chi connectivity index (χ3v) is 2.94. The molecule has 26 heavy (non-hydrogen) atoms. The molecule has 0 fully saturated rings. The van der Waals surface area contributed by atoms with Crippen LogP contribution in [0.25, 0.3) is 0 Å². The van der Waals surface area contributed by atoms with E-state index in [1.165, 1.54) is 6.07 Å². The van der Waals surface area contributed by atoms with E-state index in [1.807, 2.05) is 6.92 Å². The molecule has 1 aromatic carbocycles. The van der Waals surface area contributed by atoms with Crippen LogP contribution in [-0.2, 0) is 15.7 Å². The summed E-state index contributed by atoms with van der Waals surface area (Å²) in [7, 11) is 0. The molecule has 0 aliphatic heterocycles. The van der Waals surface area contributed by atoms with E-state index >= 15 is 0 Å². The molecule has 0 aliphatic carbocycles. The van der Waals surface area contributed by atoms with Crippen molar-refractivity contribution in [3.8, 4) is 0 Å². The number of halogens is 3. The lowest BCUT2D eigenvalue weighted by molar-refractivity contribution is -0.136. The molecule has 2 amide bonds. The van der Waals surface area contributed by atoms with Crippen LogP contribution in [-0.4, -0.2) is 24.4 Å². The van der Waals surface area contributed by atoms with Gasteiger partial charge in [0, 0.05) is 5.69 Å². The van der Waals surface area contributed by atoms with E-state index in [2.05, 4.69) is 10.6 Å². The average Bonchev–Trinajstić information content (AvgIpc) is 2.46. The summed E-state index contributed by atoms with van der Waals surface area (Å²) < 4.78 is 49.6. The molecule has 1 rings (SSSR count). The highest BCUT2D eigenvalue weighted by Crippen LogP contribution is 2.36. The molecule has 146 valence electrons. The van der Waals surface area contributed by atoms with Crippen molar-refractivity contribution in [2.24, 2.45) is 0 Å². The normalized spacial score (nSPS) is 11.7. The molecular weight excluding hydrogens is 353 g/mol. The number of nitrogens with one attached hydrogen (secondary N) is 2. The minimum Gasteiger partial charge on any atom is -0.449 e.